The van der Waals surface area contributed by atoms with Crippen molar-refractivity contribution in [2.24, 2.45) is 5.92 Å². The van der Waals surface area contributed by atoms with E-state index in [0.717, 1.165) is 19.4 Å². The Morgan fingerprint density at radius 3 is 2.76 bits per heavy atom. The second kappa shape index (κ2) is 5.32. The van der Waals surface area contributed by atoms with Gasteiger partial charge in [0.2, 0.25) is 5.91 Å². The van der Waals surface area contributed by atoms with Crippen LogP contribution in [0.5, 0.6) is 0 Å². The molecule has 0 spiro atoms. The van der Waals surface area contributed by atoms with Crippen molar-refractivity contribution >= 4 is 5.91 Å². The number of likely N-dealkylation sites (tertiary alicyclic amines) is 1. The van der Waals surface area contributed by atoms with Gasteiger partial charge in [-0.1, -0.05) is 30.3 Å². The summed E-state index contributed by atoms with van der Waals surface area (Å²) in [6, 6.07) is 10.2. The zero-order valence-corrected chi connectivity index (χ0v) is 10.4. The number of nitrogens with zero attached hydrogens (tertiary/aromatic N) is 1. The Morgan fingerprint density at radius 1 is 1.41 bits per heavy atom. The van der Waals surface area contributed by atoms with Crippen molar-refractivity contribution in [2.45, 2.75) is 26.0 Å². The molecule has 1 aromatic carbocycles. The van der Waals surface area contributed by atoms with Gasteiger partial charge in [0.1, 0.15) is 6.23 Å². The third-order valence-corrected chi connectivity index (χ3v) is 3.46. The van der Waals surface area contributed by atoms with Crippen LogP contribution >= 0.6 is 0 Å². The van der Waals surface area contributed by atoms with Crippen LogP contribution in [-0.4, -0.2) is 30.7 Å². The SMILES string of the molecule is CO[C@H](C)N1CC[C@H](Cc2ccccc2)C1=O. The Bertz CT molecular complexity index is 377. The zero-order valence-electron chi connectivity index (χ0n) is 10.4. The minimum Gasteiger partial charge on any atom is -0.362 e. The van der Waals surface area contributed by atoms with Crippen molar-refractivity contribution in [3.05, 3.63) is 35.9 Å². The maximum absolute atomic E-state index is 12.2. The molecular weight excluding hydrogens is 214 g/mol. The van der Waals surface area contributed by atoms with E-state index in [9.17, 15) is 4.79 Å². The van der Waals surface area contributed by atoms with Gasteiger partial charge in [0, 0.05) is 19.6 Å². The fourth-order valence-electron chi connectivity index (χ4n) is 2.34. The first-order valence-electron chi connectivity index (χ1n) is 6.09. The van der Waals surface area contributed by atoms with E-state index in [1.807, 2.05) is 30.0 Å². The van der Waals surface area contributed by atoms with Gasteiger partial charge in [-0.15, -0.1) is 0 Å². The number of hydrogen-bond donors (Lipinski definition) is 0. The fraction of sp³-hybridized carbons (Fsp3) is 0.500. The molecule has 1 saturated heterocycles. The van der Waals surface area contributed by atoms with Crippen LogP contribution in [-0.2, 0) is 16.0 Å². The van der Waals surface area contributed by atoms with E-state index < -0.39 is 0 Å². The summed E-state index contributed by atoms with van der Waals surface area (Å²) in [5.74, 6) is 0.346. The van der Waals surface area contributed by atoms with Gasteiger partial charge in [0.25, 0.3) is 0 Å². The van der Waals surface area contributed by atoms with Crippen molar-refractivity contribution in [1.29, 1.82) is 0 Å². The molecule has 2 rings (SSSR count). The molecule has 0 saturated carbocycles. The minimum absolute atomic E-state index is 0.108. The predicted octanol–water partition coefficient (Wildman–Crippen LogP) is 2.07. The smallest absolute Gasteiger partial charge is 0.228 e. The molecule has 92 valence electrons. The highest BCUT2D eigenvalue weighted by Crippen LogP contribution is 2.24. The summed E-state index contributed by atoms with van der Waals surface area (Å²) in [6.07, 6.45) is 1.66. The number of rotatable bonds is 4. The zero-order chi connectivity index (χ0) is 12.3. The number of carbonyl (C=O) groups is 1. The lowest BCUT2D eigenvalue weighted by Crippen LogP contribution is -2.37. The van der Waals surface area contributed by atoms with Gasteiger partial charge in [-0.2, -0.15) is 0 Å². The molecule has 1 heterocycles. The molecule has 0 aliphatic carbocycles. The predicted molar refractivity (Wildman–Crippen MR) is 66.4 cm³/mol. The Morgan fingerprint density at radius 2 is 2.12 bits per heavy atom. The molecule has 0 bridgehead atoms. The first-order valence-corrected chi connectivity index (χ1v) is 6.09. The van der Waals surface area contributed by atoms with Gasteiger partial charge in [0.15, 0.2) is 0 Å². The average molecular weight is 233 g/mol. The molecule has 0 aromatic heterocycles. The molecule has 1 aliphatic rings. The Kier molecular flexibility index (Phi) is 3.79. The van der Waals surface area contributed by atoms with Crippen molar-refractivity contribution in [2.75, 3.05) is 13.7 Å². The van der Waals surface area contributed by atoms with E-state index in [4.69, 9.17) is 4.74 Å². The standard InChI is InChI=1S/C14H19NO2/c1-11(17-2)15-9-8-13(14(15)16)10-12-6-4-3-5-7-12/h3-7,11,13H,8-10H2,1-2H3/t11-,13-/m1/s1. The van der Waals surface area contributed by atoms with Gasteiger partial charge in [-0.3, -0.25) is 4.79 Å². The van der Waals surface area contributed by atoms with Crippen LogP contribution < -0.4 is 0 Å². The number of methoxy groups -OCH3 is 1. The molecule has 0 radical (unpaired) electrons. The van der Waals surface area contributed by atoms with Crippen LogP contribution in [0.3, 0.4) is 0 Å². The molecule has 0 unspecified atom stereocenters. The van der Waals surface area contributed by atoms with Crippen molar-refractivity contribution in [3.8, 4) is 0 Å². The van der Waals surface area contributed by atoms with Gasteiger partial charge < -0.3 is 9.64 Å². The lowest BCUT2D eigenvalue weighted by atomic mass is 9.98. The molecule has 1 aliphatic heterocycles. The first-order chi connectivity index (χ1) is 8.22. The van der Waals surface area contributed by atoms with Gasteiger partial charge in [0.05, 0.1) is 0 Å². The van der Waals surface area contributed by atoms with Crippen molar-refractivity contribution in [1.82, 2.24) is 4.90 Å². The van der Waals surface area contributed by atoms with Gasteiger partial charge in [-0.05, 0) is 25.3 Å². The van der Waals surface area contributed by atoms with E-state index in [1.54, 1.807) is 7.11 Å². The summed E-state index contributed by atoms with van der Waals surface area (Å²) in [7, 11) is 1.64. The van der Waals surface area contributed by atoms with Crippen LogP contribution in [0.1, 0.15) is 18.9 Å². The Labute approximate surface area is 102 Å². The lowest BCUT2D eigenvalue weighted by Gasteiger charge is -2.23. The molecule has 1 amide bonds. The van der Waals surface area contributed by atoms with Crippen LogP contribution in [0, 0.1) is 5.92 Å². The number of hydrogen-bond acceptors (Lipinski definition) is 2. The summed E-state index contributed by atoms with van der Waals surface area (Å²) in [6.45, 7) is 2.73. The highest BCUT2D eigenvalue weighted by atomic mass is 16.5. The molecule has 2 atom stereocenters. The third kappa shape index (κ3) is 2.67. The molecule has 1 aromatic rings. The largest absolute Gasteiger partial charge is 0.362 e. The number of benzene rings is 1. The summed E-state index contributed by atoms with van der Waals surface area (Å²) < 4.78 is 5.21. The van der Waals surface area contributed by atoms with Crippen LogP contribution in [0.4, 0.5) is 0 Å². The molecule has 1 fully saturated rings. The van der Waals surface area contributed by atoms with E-state index >= 15 is 0 Å². The third-order valence-electron chi connectivity index (χ3n) is 3.46. The van der Waals surface area contributed by atoms with Gasteiger partial charge in [-0.25, -0.2) is 0 Å². The summed E-state index contributed by atoms with van der Waals surface area (Å²) in [5, 5.41) is 0. The molecule has 3 nitrogen and oxygen atoms in total. The second-order valence-electron chi connectivity index (χ2n) is 4.54. The van der Waals surface area contributed by atoms with E-state index in [2.05, 4.69) is 12.1 Å². The Hall–Kier alpha value is -1.35. The highest BCUT2D eigenvalue weighted by Gasteiger charge is 2.34. The summed E-state index contributed by atoms with van der Waals surface area (Å²) in [5.41, 5.74) is 1.23. The van der Waals surface area contributed by atoms with E-state index in [0.29, 0.717) is 0 Å². The van der Waals surface area contributed by atoms with Crippen molar-refractivity contribution < 1.29 is 9.53 Å². The lowest BCUT2D eigenvalue weighted by molar-refractivity contribution is -0.140. The number of ether oxygens (including phenoxy) is 1. The van der Waals surface area contributed by atoms with Crippen molar-refractivity contribution in [3.63, 3.8) is 0 Å². The molecular formula is C14H19NO2. The van der Waals surface area contributed by atoms with Crippen LogP contribution in [0.15, 0.2) is 30.3 Å². The quantitative estimate of drug-likeness (QED) is 0.796. The normalized spacial score (nSPS) is 21.9. The van der Waals surface area contributed by atoms with Crippen LogP contribution in [0.25, 0.3) is 0 Å². The average Bonchev–Trinajstić information content (AvgIpc) is 2.72. The molecule has 0 N–H and O–H groups in total. The maximum Gasteiger partial charge on any atom is 0.228 e. The minimum atomic E-state index is -0.108. The Balaban J connectivity index is 1.99. The fourth-order valence-corrected chi connectivity index (χ4v) is 2.34. The second-order valence-corrected chi connectivity index (χ2v) is 4.54. The van der Waals surface area contributed by atoms with E-state index in [-0.39, 0.29) is 18.1 Å². The van der Waals surface area contributed by atoms with E-state index in [1.165, 1.54) is 5.56 Å². The van der Waals surface area contributed by atoms with Gasteiger partial charge >= 0.3 is 0 Å². The molecule has 17 heavy (non-hydrogen) atoms. The summed E-state index contributed by atoms with van der Waals surface area (Å²) in [4.78, 5) is 14.0. The topological polar surface area (TPSA) is 29.5 Å². The number of carbonyl (C=O) groups excluding carboxylic acids is 1. The summed E-state index contributed by atoms with van der Waals surface area (Å²) >= 11 is 0. The maximum atomic E-state index is 12.2. The first kappa shape index (κ1) is 12.1. The molecule has 3 heteroatoms. The monoisotopic (exact) mass is 233 g/mol. The highest BCUT2D eigenvalue weighted by molar-refractivity contribution is 5.81. The van der Waals surface area contributed by atoms with Crippen LogP contribution in [0.2, 0.25) is 0 Å². The number of amides is 1.